The Balaban J connectivity index is 1.29. The number of piperidine rings is 1. The van der Waals surface area contributed by atoms with E-state index in [1.807, 2.05) is 23.7 Å². The molecule has 1 saturated heterocycles. The summed E-state index contributed by atoms with van der Waals surface area (Å²) in [7, 11) is 0. The highest BCUT2D eigenvalue weighted by Crippen LogP contribution is 2.32. The lowest BCUT2D eigenvalue weighted by Gasteiger charge is -2.36. The molecule has 4 heterocycles. The Bertz CT molecular complexity index is 721. The number of aromatic nitrogens is 3. The zero-order valence-electron chi connectivity index (χ0n) is 15.4. The first-order valence-corrected chi connectivity index (χ1v) is 11.0. The predicted octanol–water partition coefficient (Wildman–Crippen LogP) is 3.54. The lowest BCUT2D eigenvalue weighted by Crippen LogP contribution is -2.41. The minimum absolute atomic E-state index is 0.846. The highest BCUT2D eigenvalue weighted by Gasteiger charge is 2.27. The van der Waals surface area contributed by atoms with Crippen molar-refractivity contribution in [3.63, 3.8) is 0 Å². The van der Waals surface area contributed by atoms with Crippen LogP contribution in [-0.2, 0) is 12.8 Å². The predicted molar refractivity (Wildman–Crippen MR) is 106 cm³/mol. The van der Waals surface area contributed by atoms with Gasteiger partial charge in [-0.25, -0.2) is 15.0 Å². The topological polar surface area (TPSA) is 45.2 Å². The van der Waals surface area contributed by atoms with Gasteiger partial charge in [0, 0.05) is 61.5 Å². The smallest absolute Gasteiger partial charge is 0.225 e. The van der Waals surface area contributed by atoms with Crippen molar-refractivity contribution >= 4 is 17.3 Å². The summed E-state index contributed by atoms with van der Waals surface area (Å²) in [6, 6.07) is 0.846. The fourth-order valence-electron chi connectivity index (χ4n) is 4.31. The molecule has 3 aliphatic rings. The second-order valence-electron chi connectivity index (χ2n) is 7.83. The Labute approximate surface area is 159 Å². The number of thiazole rings is 1. The van der Waals surface area contributed by atoms with Gasteiger partial charge in [-0.15, -0.1) is 11.3 Å². The number of fused-ring (bicyclic) bond motifs is 1. The Morgan fingerprint density at radius 1 is 0.885 bits per heavy atom. The van der Waals surface area contributed by atoms with Crippen molar-refractivity contribution in [2.75, 3.05) is 31.1 Å². The van der Waals surface area contributed by atoms with Crippen molar-refractivity contribution in [3.05, 3.63) is 23.0 Å². The van der Waals surface area contributed by atoms with E-state index < -0.39 is 0 Å². The van der Waals surface area contributed by atoms with E-state index in [2.05, 4.69) is 19.8 Å². The largest absolute Gasteiger partial charge is 0.341 e. The van der Waals surface area contributed by atoms with Gasteiger partial charge in [-0.05, 0) is 38.5 Å². The summed E-state index contributed by atoms with van der Waals surface area (Å²) in [5.41, 5.74) is 2.38. The van der Waals surface area contributed by atoms with Gasteiger partial charge in [0.2, 0.25) is 5.95 Å². The van der Waals surface area contributed by atoms with Crippen LogP contribution >= 0.6 is 11.3 Å². The third-order valence-electron chi connectivity index (χ3n) is 6.16. The van der Waals surface area contributed by atoms with Crippen LogP contribution in [0.5, 0.6) is 0 Å². The molecule has 0 radical (unpaired) electrons. The highest BCUT2D eigenvalue weighted by molar-refractivity contribution is 7.15. The number of hydrogen-bond donors (Lipinski definition) is 0. The molecule has 0 bridgehead atoms. The van der Waals surface area contributed by atoms with E-state index in [-0.39, 0.29) is 0 Å². The third kappa shape index (κ3) is 3.25. The van der Waals surface area contributed by atoms with E-state index in [1.165, 1.54) is 62.2 Å². The molecule has 5 rings (SSSR count). The van der Waals surface area contributed by atoms with Crippen molar-refractivity contribution in [1.82, 2.24) is 19.9 Å². The molecular weight excluding hydrogens is 342 g/mol. The first-order valence-electron chi connectivity index (χ1n) is 10.2. The van der Waals surface area contributed by atoms with E-state index >= 15 is 0 Å². The van der Waals surface area contributed by atoms with Gasteiger partial charge in [-0.2, -0.15) is 0 Å². The molecule has 0 atom stereocenters. The summed E-state index contributed by atoms with van der Waals surface area (Å²) in [6.45, 7) is 4.54. The lowest BCUT2D eigenvalue weighted by atomic mass is 9.91. The standard InChI is InChI=1S/C20H27N5S/c1-2-9-25(10-3-1)20-21-13-15(14-22-20)19-23-17-7-11-24(16-5-4-6-16)12-8-18(17)26-19/h13-14,16H,1-12H2. The summed E-state index contributed by atoms with van der Waals surface area (Å²) in [5.74, 6) is 0.878. The van der Waals surface area contributed by atoms with Crippen molar-refractivity contribution in [3.8, 4) is 10.6 Å². The average molecular weight is 370 g/mol. The normalized spacial score (nSPS) is 21.9. The van der Waals surface area contributed by atoms with Gasteiger partial charge in [0.15, 0.2) is 0 Å². The molecule has 2 aromatic rings. The van der Waals surface area contributed by atoms with Crippen LogP contribution in [0.1, 0.15) is 49.1 Å². The maximum Gasteiger partial charge on any atom is 0.225 e. The van der Waals surface area contributed by atoms with E-state index in [1.54, 1.807) is 0 Å². The van der Waals surface area contributed by atoms with E-state index in [0.717, 1.165) is 48.5 Å². The van der Waals surface area contributed by atoms with Crippen LogP contribution in [0, 0.1) is 0 Å². The Morgan fingerprint density at radius 3 is 2.38 bits per heavy atom. The fraction of sp³-hybridized carbons (Fsp3) is 0.650. The van der Waals surface area contributed by atoms with Crippen molar-refractivity contribution in [2.45, 2.75) is 57.4 Å². The van der Waals surface area contributed by atoms with Crippen LogP contribution in [0.15, 0.2) is 12.4 Å². The molecule has 138 valence electrons. The monoisotopic (exact) mass is 369 g/mol. The molecule has 0 N–H and O–H groups in total. The van der Waals surface area contributed by atoms with Crippen molar-refractivity contribution in [2.24, 2.45) is 0 Å². The molecule has 2 aliphatic heterocycles. The third-order valence-corrected chi connectivity index (χ3v) is 7.36. The minimum atomic E-state index is 0.846. The summed E-state index contributed by atoms with van der Waals surface area (Å²) in [6.07, 6.45) is 14.2. The molecule has 0 amide bonds. The van der Waals surface area contributed by atoms with E-state index in [0.29, 0.717) is 0 Å². The van der Waals surface area contributed by atoms with Crippen molar-refractivity contribution < 1.29 is 0 Å². The van der Waals surface area contributed by atoms with Gasteiger partial charge in [0.25, 0.3) is 0 Å². The number of anilines is 1. The molecule has 0 unspecified atom stereocenters. The Hall–Kier alpha value is -1.53. The van der Waals surface area contributed by atoms with Crippen molar-refractivity contribution in [1.29, 1.82) is 0 Å². The summed E-state index contributed by atoms with van der Waals surface area (Å²) >= 11 is 1.85. The molecule has 2 aromatic heterocycles. The molecule has 26 heavy (non-hydrogen) atoms. The number of rotatable bonds is 3. The first kappa shape index (κ1) is 16.6. The van der Waals surface area contributed by atoms with E-state index in [4.69, 9.17) is 4.98 Å². The highest BCUT2D eigenvalue weighted by atomic mass is 32.1. The quantitative estimate of drug-likeness (QED) is 0.828. The summed E-state index contributed by atoms with van der Waals surface area (Å²) in [5, 5.41) is 1.09. The molecular formula is C20H27N5S. The van der Waals surface area contributed by atoms with Gasteiger partial charge in [-0.1, -0.05) is 6.42 Å². The van der Waals surface area contributed by atoms with Gasteiger partial charge in [-0.3, -0.25) is 4.90 Å². The van der Waals surface area contributed by atoms with Crippen LogP contribution in [0.4, 0.5) is 5.95 Å². The lowest BCUT2D eigenvalue weighted by molar-refractivity contribution is 0.133. The van der Waals surface area contributed by atoms with Gasteiger partial charge in [0.05, 0.1) is 5.69 Å². The van der Waals surface area contributed by atoms with Crippen LogP contribution in [-0.4, -0.2) is 52.1 Å². The molecule has 0 aromatic carbocycles. The van der Waals surface area contributed by atoms with Gasteiger partial charge in [0.1, 0.15) is 5.01 Å². The second-order valence-corrected chi connectivity index (χ2v) is 8.91. The molecule has 1 saturated carbocycles. The zero-order chi connectivity index (χ0) is 17.3. The molecule has 2 fully saturated rings. The van der Waals surface area contributed by atoms with Crippen LogP contribution in [0.2, 0.25) is 0 Å². The van der Waals surface area contributed by atoms with Crippen LogP contribution in [0.25, 0.3) is 10.6 Å². The summed E-state index contributed by atoms with van der Waals surface area (Å²) < 4.78 is 0. The molecule has 6 heteroatoms. The van der Waals surface area contributed by atoms with Gasteiger partial charge < -0.3 is 4.90 Å². The zero-order valence-corrected chi connectivity index (χ0v) is 16.2. The SMILES string of the molecule is c1nc(N2CCCCC2)ncc1-c1nc2c(s1)CCN(C1CCC1)CC2. The maximum absolute atomic E-state index is 4.96. The minimum Gasteiger partial charge on any atom is -0.341 e. The molecule has 5 nitrogen and oxygen atoms in total. The molecule has 1 aliphatic carbocycles. The molecule has 0 spiro atoms. The summed E-state index contributed by atoms with van der Waals surface area (Å²) in [4.78, 5) is 20.7. The number of hydrogen-bond acceptors (Lipinski definition) is 6. The Kier molecular flexibility index (Phi) is 4.63. The fourth-order valence-corrected chi connectivity index (χ4v) is 5.38. The van der Waals surface area contributed by atoms with Crippen LogP contribution < -0.4 is 4.90 Å². The van der Waals surface area contributed by atoms with Gasteiger partial charge >= 0.3 is 0 Å². The maximum atomic E-state index is 4.96. The average Bonchev–Trinajstić information content (AvgIpc) is 2.97. The second kappa shape index (κ2) is 7.24. The number of nitrogens with zero attached hydrogens (tertiary/aromatic N) is 5. The van der Waals surface area contributed by atoms with E-state index in [9.17, 15) is 0 Å². The first-order chi connectivity index (χ1) is 12.9. The Morgan fingerprint density at radius 2 is 1.65 bits per heavy atom. The van der Waals surface area contributed by atoms with Crippen LogP contribution in [0.3, 0.4) is 0 Å².